The third-order valence-electron chi connectivity index (χ3n) is 2.11. The zero-order valence-corrected chi connectivity index (χ0v) is 9.94. The first-order chi connectivity index (χ1) is 7.76. The van der Waals surface area contributed by atoms with Gasteiger partial charge in [0, 0.05) is 0 Å². The van der Waals surface area contributed by atoms with E-state index in [1.807, 2.05) is 43.4 Å². The third-order valence-corrected chi connectivity index (χ3v) is 2.11. The molecular weight excluding hydrogens is 196 g/mol. The topological polar surface area (TPSA) is 9.23 Å². The van der Waals surface area contributed by atoms with Crippen molar-refractivity contribution in [1.82, 2.24) is 0 Å². The minimum absolute atomic E-state index is 0.569. The molecule has 0 bridgehead atoms. The second-order valence-corrected chi connectivity index (χ2v) is 3.58. The summed E-state index contributed by atoms with van der Waals surface area (Å²) in [6.07, 6.45) is 7.75. The lowest BCUT2D eigenvalue weighted by Gasteiger charge is -2.07. The number of aryl methyl sites for hydroxylation is 1. The second-order valence-electron chi connectivity index (χ2n) is 3.58. The van der Waals surface area contributed by atoms with Crippen LogP contribution in [0.2, 0.25) is 0 Å². The Kier molecular flexibility index (Phi) is 5.13. The monoisotopic (exact) mass is 214 g/mol. The Morgan fingerprint density at radius 3 is 2.88 bits per heavy atom. The number of benzene rings is 1. The lowest BCUT2D eigenvalue weighted by atomic mass is 10.2. The van der Waals surface area contributed by atoms with Gasteiger partial charge in [0.15, 0.2) is 0 Å². The normalized spacial score (nSPS) is 11.8. The number of rotatable bonds is 5. The van der Waals surface area contributed by atoms with Crippen molar-refractivity contribution in [2.45, 2.75) is 13.8 Å². The molecule has 1 heteroatoms. The minimum Gasteiger partial charge on any atom is -0.489 e. The summed E-state index contributed by atoms with van der Waals surface area (Å²) in [4.78, 5) is 0. The van der Waals surface area contributed by atoms with Crippen LogP contribution in [0.4, 0.5) is 0 Å². The number of hydrogen-bond acceptors (Lipinski definition) is 1. The molecule has 1 aromatic rings. The van der Waals surface area contributed by atoms with E-state index in [0.29, 0.717) is 6.61 Å². The Bertz CT molecular complexity index is 400. The average Bonchev–Trinajstić information content (AvgIpc) is 2.27. The molecular formula is C15H18O. The largest absolute Gasteiger partial charge is 0.489 e. The van der Waals surface area contributed by atoms with Crippen molar-refractivity contribution in [2.24, 2.45) is 0 Å². The molecule has 0 amide bonds. The van der Waals surface area contributed by atoms with Gasteiger partial charge >= 0.3 is 0 Å². The Labute approximate surface area is 97.8 Å². The number of hydrogen-bond donors (Lipinski definition) is 0. The lowest BCUT2D eigenvalue weighted by molar-refractivity contribution is 0.355. The van der Waals surface area contributed by atoms with Gasteiger partial charge in [-0.05, 0) is 37.1 Å². The van der Waals surface area contributed by atoms with Gasteiger partial charge in [0.05, 0.1) is 0 Å². The standard InChI is InChI=1S/C15H18O/c1-4-7-14(8-5-2)12-16-15-10-6-9-13(3)11-15/h4-11H,1,12H2,2-3H3/b8-5-,14-7+. The van der Waals surface area contributed by atoms with E-state index in [-0.39, 0.29) is 0 Å². The van der Waals surface area contributed by atoms with Crippen molar-refractivity contribution in [3.63, 3.8) is 0 Å². The highest BCUT2D eigenvalue weighted by Crippen LogP contribution is 2.13. The van der Waals surface area contributed by atoms with Crippen LogP contribution < -0.4 is 4.74 Å². The van der Waals surface area contributed by atoms with E-state index in [0.717, 1.165) is 11.3 Å². The summed E-state index contributed by atoms with van der Waals surface area (Å²) in [5, 5.41) is 0. The lowest BCUT2D eigenvalue weighted by Crippen LogP contribution is -1.99. The molecule has 0 aromatic heterocycles. The highest BCUT2D eigenvalue weighted by atomic mass is 16.5. The van der Waals surface area contributed by atoms with E-state index < -0.39 is 0 Å². The smallest absolute Gasteiger partial charge is 0.120 e. The predicted octanol–water partition coefficient (Wildman–Crippen LogP) is 4.06. The Morgan fingerprint density at radius 1 is 1.44 bits per heavy atom. The molecule has 0 fully saturated rings. The highest BCUT2D eigenvalue weighted by molar-refractivity contribution is 5.29. The molecule has 0 aliphatic carbocycles. The van der Waals surface area contributed by atoms with Crippen LogP contribution in [0.1, 0.15) is 12.5 Å². The first-order valence-electron chi connectivity index (χ1n) is 5.40. The summed E-state index contributed by atoms with van der Waals surface area (Å²) in [7, 11) is 0. The summed E-state index contributed by atoms with van der Waals surface area (Å²) in [6, 6.07) is 8.05. The maximum Gasteiger partial charge on any atom is 0.120 e. The van der Waals surface area contributed by atoms with E-state index >= 15 is 0 Å². The van der Waals surface area contributed by atoms with Gasteiger partial charge < -0.3 is 4.74 Å². The van der Waals surface area contributed by atoms with E-state index in [9.17, 15) is 0 Å². The SMILES string of the molecule is C=C/C=C(\C=C/C)COc1cccc(C)c1. The van der Waals surface area contributed by atoms with Gasteiger partial charge in [0.25, 0.3) is 0 Å². The summed E-state index contributed by atoms with van der Waals surface area (Å²) in [5.41, 5.74) is 2.32. The fourth-order valence-electron chi connectivity index (χ4n) is 1.39. The molecule has 84 valence electrons. The van der Waals surface area contributed by atoms with Crippen LogP contribution in [0.3, 0.4) is 0 Å². The zero-order valence-electron chi connectivity index (χ0n) is 9.94. The zero-order chi connectivity index (χ0) is 11.8. The molecule has 0 atom stereocenters. The molecule has 0 N–H and O–H groups in total. The summed E-state index contributed by atoms with van der Waals surface area (Å²) in [5.74, 6) is 0.902. The van der Waals surface area contributed by atoms with Crippen LogP contribution in [0.25, 0.3) is 0 Å². The molecule has 16 heavy (non-hydrogen) atoms. The fourth-order valence-corrected chi connectivity index (χ4v) is 1.39. The minimum atomic E-state index is 0.569. The molecule has 1 nitrogen and oxygen atoms in total. The van der Waals surface area contributed by atoms with Crippen LogP contribution in [0.15, 0.2) is 60.7 Å². The second kappa shape index (κ2) is 6.67. The fraction of sp³-hybridized carbons (Fsp3) is 0.200. The van der Waals surface area contributed by atoms with Gasteiger partial charge in [-0.1, -0.05) is 43.0 Å². The van der Waals surface area contributed by atoms with Gasteiger partial charge in [0.2, 0.25) is 0 Å². The Morgan fingerprint density at radius 2 is 2.25 bits per heavy atom. The van der Waals surface area contributed by atoms with Crippen LogP contribution in [0.5, 0.6) is 5.75 Å². The van der Waals surface area contributed by atoms with Crippen LogP contribution in [-0.2, 0) is 0 Å². The maximum absolute atomic E-state index is 5.69. The molecule has 0 aliphatic rings. The summed E-state index contributed by atoms with van der Waals surface area (Å²) in [6.45, 7) is 8.30. The molecule has 1 rings (SSSR count). The predicted molar refractivity (Wildman–Crippen MR) is 69.8 cm³/mol. The van der Waals surface area contributed by atoms with Crippen molar-refractivity contribution in [2.75, 3.05) is 6.61 Å². The van der Waals surface area contributed by atoms with E-state index in [1.54, 1.807) is 6.08 Å². The summed E-state index contributed by atoms with van der Waals surface area (Å²) >= 11 is 0. The molecule has 0 spiro atoms. The number of allylic oxidation sites excluding steroid dienone is 3. The van der Waals surface area contributed by atoms with E-state index in [4.69, 9.17) is 4.74 Å². The molecule has 1 aromatic carbocycles. The highest BCUT2D eigenvalue weighted by Gasteiger charge is 1.95. The first kappa shape index (κ1) is 12.3. The van der Waals surface area contributed by atoms with Gasteiger partial charge in [-0.2, -0.15) is 0 Å². The number of ether oxygens (including phenoxy) is 1. The first-order valence-corrected chi connectivity index (χ1v) is 5.40. The van der Waals surface area contributed by atoms with Crippen LogP contribution in [-0.4, -0.2) is 6.61 Å². The van der Waals surface area contributed by atoms with Crippen molar-refractivity contribution in [3.8, 4) is 5.75 Å². The van der Waals surface area contributed by atoms with E-state index in [1.165, 1.54) is 5.56 Å². The molecule has 0 aliphatic heterocycles. The maximum atomic E-state index is 5.69. The van der Waals surface area contributed by atoms with Crippen molar-refractivity contribution in [3.05, 3.63) is 66.3 Å². The molecule has 0 unspecified atom stereocenters. The molecule has 0 radical (unpaired) electrons. The van der Waals surface area contributed by atoms with Gasteiger partial charge in [0.1, 0.15) is 12.4 Å². The van der Waals surface area contributed by atoms with Crippen molar-refractivity contribution >= 4 is 0 Å². The summed E-state index contributed by atoms with van der Waals surface area (Å²) < 4.78 is 5.69. The van der Waals surface area contributed by atoms with Gasteiger partial charge in [-0.25, -0.2) is 0 Å². The van der Waals surface area contributed by atoms with Crippen LogP contribution >= 0.6 is 0 Å². The average molecular weight is 214 g/mol. The Balaban J connectivity index is 2.62. The van der Waals surface area contributed by atoms with Crippen molar-refractivity contribution in [1.29, 1.82) is 0 Å². The van der Waals surface area contributed by atoms with Crippen molar-refractivity contribution < 1.29 is 4.74 Å². The van der Waals surface area contributed by atoms with Crippen LogP contribution in [0, 0.1) is 6.92 Å². The van der Waals surface area contributed by atoms with E-state index in [2.05, 4.69) is 19.6 Å². The molecule has 0 saturated heterocycles. The molecule has 0 saturated carbocycles. The third kappa shape index (κ3) is 4.18. The Hall–Kier alpha value is -1.76. The van der Waals surface area contributed by atoms with Gasteiger partial charge in [-0.3, -0.25) is 0 Å². The quantitative estimate of drug-likeness (QED) is 0.671. The molecule has 0 heterocycles. The van der Waals surface area contributed by atoms with Gasteiger partial charge in [-0.15, -0.1) is 0 Å².